The van der Waals surface area contributed by atoms with Crippen molar-refractivity contribution in [2.45, 2.75) is 82.9 Å². The molecule has 2 aliphatic heterocycles. The predicted molar refractivity (Wildman–Crippen MR) is 187 cm³/mol. The van der Waals surface area contributed by atoms with Crippen molar-refractivity contribution in [2.75, 3.05) is 26.2 Å². The van der Waals surface area contributed by atoms with Crippen molar-refractivity contribution in [1.29, 1.82) is 0 Å². The van der Waals surface area contributed by atoms with Gasteiger partial charge in [-0.2, -0.15) is 26.3 Å². The van der Waals surface area contributed by atoms with Gasteiger partial charge in [0.1, 0.15) is 11.5 Å². The van der Waals surface area contributed by atoms with Crippen LogP contribution in [0.1, 0.15) is 56.6 Å². The number of benzene rings is 3. The number of nitrogens with zero attached hydrogens (tertiary/aromatic N) is 3. The summed E-state index contributed by atoms with van der Waals surface area (Å²) in [6.45, 7) is 1.43. The van der Waals surface area contributed by atoms with Crippen LogP contribution in [0, 0.1) is 5.41 Å². The molecular weight excluding hydrogens is 686 g/mol. The molecule has 13 heteroatoms. The maximum Gasteiger partial charge on any atom is 0.403 e. The highest BCUT2D eigenvalue weighted by Gasteiger charge is 2.61. The number of carboxylic acids is 1. The number of aliphatic carboxylic acids is 1. The molecule has 3 heterocycles. The first kappa shape index (κ1) is 37.5. The Kier molecular flexibility index (Phi) is 10.8. The molecule has 4 aromatic rings. The van der Waals surface area contributed by atoms with E-state index < -0.39 is 68.2 Å². The first-order chi connectivity index (χ1) is 24.7. The largest absolute Gasteiger partial charge is 0.480 e. The van der Waals surface area contributed by atoms with Crippen LogP contribution in [-0.2, 0) is 22.6 Å². The lowest BCUT2D eigenvalue weighted by molar-refractivity contribution is -0.236. The Morgan fingerprint density at radius 3 is 2.21 bits per heavy atom. The molecule has 7 nitrogen and oxygen atoms in total. The van der Waals surface area contributed by atoms with Gasteiger partial charge in [0, 0.05) is 36.2 Å². The highest BCUT2D eigenvalue weighted by Crippen LogP contribution is 2.47. The molecule has 1 aromatic heterocycles. The van der Waals surface area contributed by atoms with Crippen LogP contribution in [0.25, 0.3) is 32.8 Å². The van der Waals surface area contributed by atoms with Crippen molar-refractivity contribution < 1.29 is 41.0 Å². The number of amides is 1. The fourth-order valence-electron chi connectivity index (χ4n) is 8.00. The van der Waals surface area contributed by atoms with Crippen molar-refractivity contribution >= 4 is 33.4 Å². The second-order valence-electron chi connectivity index (χ2n) is 14.1. The van der Waals surface area contributed by atoms with Crippen LogP contribution >= 0.6 is 0 Å². The third-order valence-electron chi connectivity index (χ3n) is 10.9. The second kappa shape index (κ2) is 15.0. The van der Waals surface area contributed by atoms with Gasteiger partial charge in [-0.3, -0.25) is 19.6 Å². The summed E-state index contributed by atoms with van der Waals surface area (Å²) in [4.78, 5) is 34.1. The molecule has 2 saturated heterocycles. The van der Waals surface area contributed by atoms with Gasteiger partial charge < -0.3 is 10.4 Å². The van der Waals surface area contributed by atoms with Gasteiger partial charge in [-0.25, -0.2) is 4.79 Å². The van der Waals surface area contributed by atoms with E-state index in [4.69, 9.17) is 4.98 Å². The first-order valence-electron chi connectivity index (χ1n) is 17.7. The fourth-order valence-corrected chi connectivity index (χ4v) is 8.00. The summed E-state index contributed by atoms with van der Waals surface area (Å²) >= 11 is 0. The van der Waals surface area contributed by atoms with Crippen LogP contribution < -0.4 is 5.32 Å². The minimum Gasteiger partial charge on any atom is -0.480 e. The lowest BCUT2D eigenvalue weighted by atomic mass is 9.76. The Bertz CT molecular complexity index is 1920. The molecule has 2 N–H and O–H groups in total. The Hall–Kier alpha value is -4.23. The highest BCUT2D eigenvalue weighted by molar-refractivity contribution is 6.05. The monoisotopic (exact) mass is 728 g/mol. The van der Waals surface area contributed by atoms with Crippen LogP contribution in [0.3, 0.4) is 0 Å². The van der Waals surface area contributed by atoms with Crippen molar-refractivity contribution in [3.05, 3.63) is 78.0 Å². The molecule has 0 spiro atoms. The van der Waals surface area contributed by atoms with Gasteiger partial charge in [0.25, 0.3) is 0 Å². The van der Waals surface area contributed by atoms with E-state index in [0.29, 0.717) is 17.0 Å². The van der Waals surface area contributed by atoms with Gasteiger partial charge >= 0.3 is 18.3 Å². The lowest BCUT2D eigenvalue weighted by Crippen LogP contribution is -2.59. The predicted octanol–water partition coefficient (Wildman–Crippen LogP) is 8.14. The van der Waals surface area contributed by atoms with Gasteiger partial charge in [-0.05, 0) is 79.0 Å². The molecule has 0 aliphatic carbocycles. The number of alkyl halides is 6. The van der Waals surface area contributed by atoms with E-state index in [1.807, 2.05) is 42.6 Å². The average Bonchev–Trinajstić information content (AvgIpc) is 3.10. The number of carbonyl (C=O) groups excluding carboxylic acids is 1. The number of piperidine rings is 2. The van der Waals surface area contributed by atoms with E-state index in [9.17, 15) is 41.0 Å². The number of pyridine rings is 1. The molecule has 3 aromatic carbocycles. The van der Waals surface area contributed by atoms with Gasteiger partial charge in [-0.1, -0.05) is 74.0 Å². The summed E-state index contributed by atoms with van der Waals surface area (Å²) in [5.74, 6) is -3.08. The third kappa shape index (κ3) is 7.75. The molecule has 2 fully saturated rings. The van der Waals surface area contributed by atoms with E-state index in [2.05, 4.69) is 23.2 Å². The lowest BCUT2D eigenvalue weighted by Gasteiger charge is -2.42. The zero-order valence-corrected chi connectivity index (χ0v) is 28.9. The maximum atomic E-state index is 14.4. The molecule has 278 valence electrons. The summed E-state index contributed by atoms with van der Waals surface area (Å²) < 4.78 is 82.0. The SMILES string of the molecule is CC[C@H]1CCCCN1Cc1cnc(-c2cccc3c(C[C@H](NC(=O)C4(C(F)(F)F)CCN(CC(F)(F)F)CC4)C(=O)O)cccc23)c2ccccc12. The van der Waals surface area contributed by atoms with E-state index in [1.165, 1.54) is 12.8 Å². The number of hydrogen-bond donors (Lipinski definition) is 2. The van der Waals surface area contributed by atoms with E-state index >= 15 is 0 Å². The van der Waals surface area contributed by atoms with Crippen LogP contribution in [0.4, 0.5) is 26.3 Å². The topological polar surface area (TPSA) is 85.8 Å². The second-order valence-corrected chi connectivity index (χ2v) is 14.1. The number of nitrogens with one attached hydrogen (secondary N) is 1. The zero-order chi connectivity index (χ0) is 37.3. The van der Waals surface area contributed by atoms with Crippen LogP contribution in [0.2, 0.25) is 0 Å². The smallest absolute Gasteiger partial charge is 0.403 e. The summed E-state index contributed by atoms with van der Waals surface area (Å²) in [5.41, 5.74) is 0.135. The fraction of sp³-hybridized carbons (Fsp3) is 0.462. The molecule has 0 saturated carbocycles. The first-order valence-corrected chi connectivity index (χ1v) is 17.7. The Labute approximate surface area is 298 Å². The van der Waals surface area contributed by atoms with Gasteiger partial charge in [0.05, 0.1) is 12.2 Å². The van der Waals surface area contributed by atoms with Crippen molar-refractivity contribution in [2.24, 2.45) is 5.41 Å². The molecular formula is C39H42F6N4O3. The number of aromatic nitrogens is 1. The normalized spacial score (nSPS) is 19.5. The number of carbonyl (C=O) groups is 2. The molecule has 52 heavy (non-hydrogen) atoms. The van der Waals surface area contributed by atoms with Gasteiger partial charge in [0.15, 0.2) is 0 Å². The van der Waals surface area contributed by atoms with Crippen molar-refractivity contribution in [3.8, 4) is 11.3 Å². The number of likely N-dealkylation sites (tertiary alicyclic amines) is 2. The van der Waals surface area contributed by atoms with E-state index in [1.54, 1.807) is 18.2 Å². The molecule has 1 amide bonds. The van der Waals surface area contributed by atoms with E-state index in [0.717, 1.165) is 63.8 Å². The van der Waals surface area contributed by atoms with Gasteiger partial charge in [-0.15, -0.1) is 0 Å². The highest BCUT2D eigenvalue weighted by atomic mass is 19.4. The summed E-state index contributed by atoms with van der Waals surface area (Å²) in [7, 11) is 0. The summed E-state index contributed by atoms with van der Waals surface area (Å²) in [6, 6.07) is 17.7. The Morgan fingerprint density at radius 1 is 0.885 bits per heavy atom. The number of carboxylic acid groups (broad SMARTS) is 1. The average molecular weight is 729 g/mol. The van der Waals surface area contributed by atoms with Crippen molar-refractivity contribution in [1.82, 2.24) is 20.1 Å². The summed E-state index contributed by atoms with van der Waals surface area (Å²) in [5, 5.41) is 15.7. The van der Waals surface area contributed by atoms with Crippen molar-refractivity contribution in [3.63, 3.8) is 0 Å². The standard InChI is InChI=1S/C39H42F6N4O3/c1-2-27-10-5-6-18-49(27)23-26-22-46-34(31-12-4-3-11-29(26)31)32-15-8-13-28-25(9-7-14-30(28)32)21-33(35(50)51)47-36(52)37(39(43,44)45)16-19-48(20-17-37)24-38(40,41)42/h3-4,7-9,11-15,22,27,33H,2,5-6,10,16-21,23-24H2,1H3,(H,47,52)(H,50,51)/t27-,33-/m0/s1. The molecule has 0 unspecified atom stereocenters. The molecule has 2 aliphatic rings. The molecule has 2 atom stereocenters. The minimum atomic E-state index is -5.10. The maximum absolute atomic E-state index is 14.4. The quantitative estimate of drug-likeness (QED) is 0.161. The number of fused-ring (bicyclic) bond motifs is 2. The Balaban J connectivity index is 1.28. The molecule has 6 rings (SSSR count). The van der Waals surface area contributed by atoms with Crippen LogP contribution in [0.5, 0.6) is 0 Å². The van der Waals surface area contributed by atoms with Gasteiger partial charge in [0.2, 0.25) is 5.91 Å². The molecule has 0 bridgehead atoms. The minimum absolute atomic E-state index is 0.322. The summed E-state index contributed by atoms with van der Waals surface area (Å²) in [6.07, 6.45) is -5.28. The van der Waals surface area contributed by atoms with Crippen LogP contribution in [-0.4, -0.2) is 82.4 Å². The van der Waals surface area contributed by atoms with Crippen LogP contribution in [0.15, 0.2) is 66.9 Å². The zero-order valence-electron chi connectivity index (χ0n) is 28.9. The van der Waals surface area contributed by atoms with E-state index in [-0.39, 0.29) is 6.42 Å². The number of hydrogen-bond acceptors (Lipinski definition) is 5. The number of rotatable bonds is 10. The Morgan fingerprint density at radius 2 is 1.54 bits per heavy atom. The number of halogens is 6. The third-order valence-corrected chi connectivity index (χ3v) is 10.9. The molecule has 0 radical (unpaired) electrons.